The van der Waals surface area contributed by atoms with E-state index in [-0.39, 0.29) is 5.91 Å². The molecule has 0 saturated heterocycles. The van der Waals surface area contributed by atoms with E-state index >= 15 is 0 Å². The third-order valence-electron chi connectivity index (χ3n) is 5.73. The first kappa shape index (κ1) is 24.6. The first-order chi connectivity index (χ1) is 17.3. The molecule has 2 aromatic carbocycles. The molecule has 0 radical (unpaired) electrons. The molecule has 0 aliphatic rings. The van der Waals surface area contributed by atoms with Crippen LogP contribution >= 0.6 is 0 Å². The zero-order chi connectivity index (χ0) is 25.7. The topological polar surface area (TPSA) is 120 Å². The Morgan fingerprint density at radius 2 is 1.72 bits per heavy atom. The van der Waals surface area contributed by atoms with Gasteiger partial charge in [0.05, 0.1) is 14.2 Å². The van der Waals surface area contributed by atoms with Crippen molar-refractivity contribution < 1.29 is 19.1 Å². The fraction of sp³-hybridized carbons (Fsp3) is 0.269. The molecule has 0 fully saturated rings. The number of benzene rings is 2. The highest BCUT2D eigenvalue weighted by Gasteiger charge is 2.33. The lowest BCUT2D eigenvalue weighted by atomic mass is 10.0. The first-order valence-electron chi connectivity index (χ1n) is 11.4. The Bertz CT molecular complexity index is 1350. The molecule has 2 aromatic heterocycles. The van der Waals surface area contributed by atoms with Crippen molar-refractivity contribution in [3.63, 3.8) is 0 Å². The van der Waals surface area contributed by atoms with E-state index in [0.29, 0.717) is 23.4 Å². The summed E-state index contributed by atoms with van der Waals surface area (Å²) >= 11 is 0. The maximum Gasteiger partial charge on any atom is 0.330 e. The zero-order valence-corrected chi connectivity index (χ0v) is 20.6. The number of fused-ring (bicyclic) bond motifs is 1. The Morgan fingerprint density at radius 3 is 2.39 bits per heavy atom. The molecular formula is C26H28N6O4. The molecule has 1 atom stereocenters. The van der Waals surface area contributed by atoms with Crippen molar-refractivity contribution in [3.8, 4) is 11.4 Å². The van der Waals surface area contributed by atoms with Gasteiger partial charge in [-0.15, -0.1) is 0 Å². The summed E-state index contributed by atoms with van der Waals surface area (Å²) in [7, 11) is 2.90. The maximum absolute atomic E-state index is 13.3. The van der Waals surface area contributed by atoms with Gasteiger partial charge in [-0.2, -0.15) is 0 Å². The molecule has 1 unspecified atom stereocenters. The highest BCUT2D eigenvalue weighted by Crippen LogP contribution is 2.23. The molecule has 186 valence electrons. The van der Waals surface area contributed by atoms with Crippen LogP contribution in [0, 0.1) is 0 Å². The van der Waals surface area contributed by atoms with Crippen LogP contribution in [0.15, 0.2) is 67.3 Å². The van der Waals surface area contributed by atoms with Crippen LogP contribution in [0.5, 0.6) is 5.75 Å². The summed E-state index contributed by atoms with van der Waals surface area (Å²) in [4.78, 5) is 38.8. The SMILES string of the molecule is COC(=O)C(C)(C)NC(=O)C(Cc1ccccc1)Nc1ncnc2c1ncn2-c1ccc(OC)cc1. The third-order valence-corrected chi connectivity index (χ3v) is 5.73. The monoisotopic (exact) mass is 488 g/mol. The van der Waals surface area contributed by atoms with Crippen molar-refractivity contribution in [2.24, 2.45) is 0 Å². The summed E-state index contributed by atoms with van der Waals surface area (Å²) < 4.78 is 11.9. The fourth-order valence-corrected chi connectivity index (χ4v) is 3.80. The molecule has 0 aliphatic carbocycles. The van der Waals surface area contributed by atoms with Crippen molar-refractivity contribution in [2.75, 3.05) is 19.5 Å². The number of esters is 1. The van der Waals surface area contributed by atoms with Crippen LogP contribution in [0.2, 0.25) is 0 Å². The highest BCUT2D eigenvalue weighted by molar-refractivity contribution is 5.93. The standard InChI is InChI=1S/C26H28N6O4/c1-26(2,25(34)36-4)31-24(33)20(14-17-8-6-5-7-9-17)30-22-21-23(28-15-27-22)32(16-29-21)18-10-12-19(35-3)13-11-18/h5-13,15-16,20H,14H2,1-4H3,(H,31,33)(H,27,28,30). The number of nitrogens with zero attached hydrogens (tertiary/aromatic N) is 4. The molecule has 36 heavy (non-hydrogen) atoms. The molecule has 10 heteroatoms. The number of amides is 1. The zero-order valence-electron chi connectivity index (χ0n) is 20.6. The first-order valence-corrected chi connectivity index (χ1v) is 11.4. The number of aromatic nitrogens is 4. The van der Waals surface area contributed by atoms with Gasteiger partial charge < -0.3 is 20.1 Å². The van der Waals surface area contributed by atoms with Gasteiger partial charge in [-0.1, -0.05) is 30.3 Å². The Labute approximate surface area is 208 Å². The summed E-state index contributed by atoms with van der Waals surface area (Å²) in [5.41, 5.74) is 1.66. The lowest BCUT2D eigenvalue weighted by molar-refractivity contribution is -0.149. The van der Waals surface area contributed by atoms with Crippen molar-refractivity contribution in [1.29, 1.82) is 0 Å². The molecular weight excluding hydrogens is 460 g/mol. The number of anilines is 1. The Hall–Kier alpha value is -4.47. The van der Waals surface area contributed by atoms with Gasteiger partial charge >= 0.3 is 5.97 Å². The summed E-state index contributed by atoms with van der Waals surface area (Å²) in [6.45, 7) is 3.19. The number of ether oxygens (including phenoxy) is 2. The van der Waals surface area contributed by atoms with E-state index in [4.69, 9.17) is 9.47 Å². The van der Waals surface area contributed by atoms with E-state index in [2.05, 4.69) is 25.6 Å². The predicted molar refractivity (Wildman–Crippen MR) is 135 cm³/mol. The van der Waals surface area contributed by atoms with Crippen LogP contribution in [0.3, 0.4) is 0 Å². The summed E-state index contributed by atoms with van der Waals surface area (Å²) in [5, 5.41) is 6.00. The van der Waals surface area contributed by atoms with Gasteiger partial charge in [-0.25, -0.2) is 19.7 Å². The average Bonchev–Trinajstić information content (AvgIpc) is 3.33. The second-order valence-corrected chi connectivity index (χ2v) is 8.70. The molecule has 4 rings (SSSR count). The number of rotatable bonds is 9. The summed E-state index contributed by atoms with van der Waals surface area (Å²) in [5.74, 6) is 0.219. The summed E-state index contributed by atoms with van der Waals surface area (Å²) in [6.07, 6.45) is 3.43. The second kappa shape index (κ2) is 10.4. The minimum atomic E-state index is -1.21. The van der Waals surface area contributed by atoms with Gasteiger partial charge in [0.2, 0.25) is 5.91 Å². The fourth-order valence-electron chi connectivity index (χ4n) is 3.80. The van der Waals surface area contributed by atoms with Crippen LogP contribution in [0.1, 0.15) is 19.4 Å². The number of carbonyl (C=O) groups is 2. The molecule has 0 spiro atoms. The number of imidazole rings is 1. The number of hydrogen-bond acceptors (Lipinski definition) is 8. The van der Waals surface area contributed by atoms with E-state index < -0.39 is 17.6 Å². The van der Waals surface area contributed by atoms with E-state index in [1.54, 1.807) is 27.3 Å². The van der Waals surface area contributed by atoms with Crippen molar-refractivity contribution in [2.45, 2.75) is 31.8 Å². The molecule has 2 heterocycles. The highest BCUT2D eigenvalue weighted by atomic mass is 16.5. The van der Waals surface area contributed by atoms with Gasteiger partial charge in [0, 0.05) is 12.1 Å². The molecule has 0 aliphatic heterocycles. The number of nitrogens with one attached hydrogen (secondary N) is 2. The van der Waals surface area contributed by atoms with Crippen LogP contribution in [-0.2, 0) is 20.7 Å². The van der Waals surface area contributed by atoms with Gasteiger partial charge in [0.1, 0.15) is 30.0 Å². The van der Waals surface area contributed by atoms with E-state index in [9.17, 15) is 9.59 Å². The number of hydrogen-bond donors (Lipinski definition) is 2. The van der Waals surface area contributed by atoms with Gasteiger partial charge in [0.25, 0.3) is 0 Å². The van der Waals surface area contributed by atoms with Crippen LogP contribution in [0.25, 0.3) is 16.9 Å². The van der Waals surface area contributed by atoms with E-state index in [0.717, 1.165) is 17.0 Å². The van der Waals surface area contributed by atoms with E-state index in [1.807, 2.05) is 59.2 Å². The van der Waals surface area contributed by atoms with Crippen LogP contribution in [-0.4, -0.2) is 57.2 Å². The lowest BCUT2D eigenvalue weighted by Crippen LogP contribution is -2.55. The minimum Gasteiger partial charge on any atom is -0.497 e. The van der Waals surface area contributed by atoms with Crippen LogP contribution < -0.4 is 15.4 Å². The van der Waals surface area contributed by atoms with E-state index in [1.165, 1.54) is 13.4 Å². The molecule has 0 saturated carbocycles. The number of methoxy groups -OCH3 is 2. The Balaban J connectivity index is 1.66. The Kier molecular flexibility index (Phi) is 7.14. The van der Waals surface area contributed by atoms with Crippen molar-refractivity contribution >= 4 is 28.9 Å². The third kappa shape index (κ3) is 5.27. The molecule has 4 aromatic rings. The smallest absolute Gasteiger partial charge is 0.330 e. The molecule has 2 N–H and O–H groups in total. The minimum absolute atomic E-state index is 0.356. The van der Waals surface area contributed by atoms with Gasteiger partial charge in [-0.3, -0.25) is 9.36 Å². The van der Waals surface area contributed by atoms with Crippen molar-refractivity contribution in [3.05, 3.63) is 72.8 Å². The number of carbonyl (C=O) groups excluding carboxylic acids is 2. The van der Waals surface area contributed by atoms with Gasteiger partial charge in [-0.05, 0) is 43.7 Å². The molecule has 10 nitrogen and oxygen atoms in total. The largest absolute Gasteiger partial charge is 0.497 e. The summed E-state index contributed by atoms with van der Waals surface area (Å²) in [6, 6.07) is 16.3. The second-order valence-electron chi connectivity index (χ2n) is 8.70. The predicted octanol–water partition coefficient (Wildman–Crippen LogP) is 2.92. The van der Waals surface area contributed by atoms with Crippen LogP contribution in [0.4, 0.5) is 5.82 Å². The molecule has 0 bridgehead atoms. The lowest BCUT2D eigenvalue weighted by Gasteiger charge is -2.27. The average molecular weight is 489 g/mol. The van der Waals surface area contributed by atoms with Gasteiger partial charge in [0.15, 0.2) is 17.0 Å². The van der Waals surface area contributed by atoms with Crippen molar-refractivity contribution in [1.82, 2.24) is 24.8 Å². The normalized spacial score (nSPS) is 12.1. The molecule has 1 amide bonds. The Morgan fingerprint density at radius 1 is 1.00 bits per heavy atom. The quantitative estimate of drug-likeness (QED) is 0.345. The maximum atomic E-state index is 13.3.